The molecule has 0 aliphatic heterocycles. The third-order valence-corrected chi connectivity index (χ3v) is 4.09. The summed E-state index contributed by atoms with van der Waals surface area (Å²) in [5, 5.41) is 10.8. The minimum absolute atomic E-state index is 0.123. The van der Waals surface area contributed by atoms with Gasteiger partial charge in [-0.15, -0.1) is 10.2 Å². The lowest BCUT2D eigenvalue weighted by molar-refractivity contribution is -0.113. The van der Waals surface area contributed by atoms with E-state index in [1.165, 1.54) is 12.1 Å². The fraction of sp³-hybridized carbons (Fsp3) is 0.167. The summed E-state index contributed by atoms with van der Waals surface area (Å²) >= 11 is 1.13. The van der Waals surface area contributed by atoms with E-state index in [0.717, 1.165) is 17.5 Å². The third-order valence-electron chi connectivity index (χ3n) is 3.27. The molecule has 26 heavy (non-hydrogen) atoms. The standard InChI is InChI=1S/C18H16FN3O3S/c1-2-24-15-9-7-14(8-10-15)20-16(23)11-26-18-22-21-17(25-18)12-3-5-13(19)6-4-12/h3-10H,2,11H2,1H3,(H,20,23). The van der Waals surface area contributed by atoms with Gasteiger partial charge in [-0.2, -0.15) is 0 Å². The number of nitrogens with one attached hydrogen (secondary N) is 1. The highest BCUT2D eigenvalue weighted by Gasteiger charge is 2.11. The molecule has 3 aromatic rings. The quantitative estimate of drug-likeness (QED) is 0.631. The van der Waals surface area contributed by atoms with Crippen molar-refractivity contribution < 1.29 is 18.3 Å². The van der Waals surface area contributed by atoms with Crippen molar-refractivity contribution in [2.24, 2.45) is 0 Å². The number of carbonyl (C=O) groups excluding carboxylic acids is 1. The first-order valence-corrected chi connectivity index (χ1v) is 8.87. The number of benzene rings is 2. The number of ether oxygens (including phenoxy) is 1. The molecule has 134 valence electrons. The number of aromatic nitrogens is 2. The minimum Gasteiger partial charge on any atom is -0.494 e. The van der Waals surface area contributed by atoms with Gasteiger partial charge in [0.1, 0.15) is 11.6 Å². The molecule has 0 aliphatic rings. The highest BCUT2D eigenvalue weighted by molar-refractivity contribution is 7.99. The molecular weight excluding hydrogens is 357 g/mol. The van der Waals surface area contributed by atoms with E-state index in [2.05, 4.69) is 15.5 Å². The molecule has 6 nitrogen and oxygen atoms in total. The Kier molecular flexibility index (Phi) is 5.85. The number of anilines is 1. The van der Waals surface area contributed by atoms with Crippen molar-refractivity contribution in [3.63, 3.8) is 0 Å². The van der Waals surface area contributed by atoms with Gasteiger partial charge in [-0.1, -0.05) is 11.8 Å². The van der Waals surface area contributed by atoms with Crippen LogP contribution in [-0.4, -0.2) is 28.5 Å². The van der Waals surface area contributed by atoms with Gasteiger partial charge in [0.05, 0.1) is 12.4 Å². The molecular formula is C18H16FN3O3S. The predicted molar refractivity (Wildman–Crippen MR) is 96.7 cm³/mol. The van der Waals surface area contributed by atoms with Crippen molar-refractivity contribution in [3.8, 4) is 17.2 Å². The van der Waals surface area contributed by atoms with Crippen LogP contribution in [0.3, 0.4) is 0 Å². The molecule has 1 N–H and O–H groups in total. The average Bonchev–Trinajstić information content (AvgIpc) is 3.11. The highest BCUT2D eigenvalue weighted by atomic mass is 32.2. The van der Waals surface area contributed by atoms with Crippen molar-refractivity contribution in [2.75, 3.05) is 17.7 Å². The van der Waals surface area contributed by atoms with Gasteiger partial charge >= 0.3 is 0 Å². The van der Waals surface area contributed by atoms with Crippen LogP contribution in [0, 0.1) is 5.82 Å². The van der Waals surface area contributed by atoms with Crippen molar-refractivity contribution >= 4 is 23.4 Å². The Balaban J connectivity index is 1.52. The molecule has 0 bridgehead atoms. The van der Waals surface area contributed by atoms with Crippen LogP contribution < -0.4 is 10.1 Å². The Labute approximate surface area is 153 Å². The largest absolute Gasteiger partial charge is 0.494 e. The van der Waals surface area contributed by atoms with Crippen LogP contribution in [0.15, 0.2) is 58.2 Å². The van der Waals surface area contributed by atoms with Gasteiger partial charge in [-0.3, -0.25) is 4.79 Å². The Morgan fingerprint density at radius 1 is 1.15 bits per heavy atom. The number of thioether (sulfide) groups is 1. The van der Waals surface area contributed by atoms with Crippen LogP contribution in [-0.2, 0) is 4.79 Å². The summed E-state index contributed by atoms with van der Waals surface area (Å²) in [7, 11) is 0. The Bertz CT molecular complexity index is 866. The SMILES string of the molecule is CCOc1ccc(NC(=O)CSc2nnc(-c3ccc(F)cc3)o2)cc1. The summed E-state index contributed by atoms with van der Waals surface area (Å²) in [6.07, 6.45) is 0. The topological polar surface area (TPSA) is 77.2 Å². The van der Waals surface area contributed by atoms with Crippen molar-refractivity contribution in [3.05, 3.63) is 54.3 Å². The van der Waals surface area contributed by atoms with E-state index in [1.807, 2.05) is 6.92 Å². The number of carbonyl (C=O) groups is 1. The predicted octanol–water partition coefficient (Wildman–Crippen LogP) is 4.01. The van der Waals surface area contributed by atoms with Crippen molar-refractivity contribution in [1.82, 2.24) is 10.2 Å². The van der Waals surface area contributed by atoms with Crippen LogP contribution >= 0.6 is 11.8 Å². The van der Waals surface area contributed by atoms with Crippen molar-refractivity contribution in [1.29, 1.82) is 0 Å². The summed E-state index contributed by atoms with van der Waals surface area (Å²) < 4.78 is 23.8. The number of amides is 1. The molecule has 0 fully saturated rings. The molecule has 0 unspecified atom stereocenters. The Hall–Kier alpha value is -2.87. The summed E-state index contributed by atoms with van der Waals surface area (Å²) in [5.41, 5.74) is 1.29. The zero-order valence-electron chi connectivity index (χ0n) is 13.9. The van der Waals surface area contributed by atoms with E-state index < -0.39 is 0 Å². The summed E-state index contributed by atoms with van der Waals surface area (Å²) in [6, 6.07) is 12.9. The third kappa shape index (κ3) is 4.82. The lowest BCUT2D eigenvalue weighted by Gasteiger charge is -2.06. The molecule has 1 aromatic heterocycles. The maximum Gasteiger partial charge on any atom is 0.277 e. The molecule has 0 aliphatic carbocycles. The zero-order chi connectivity index (χ0) is 18.4. The second kappa shape index (κ2) is 8.48. The van der Waals surface area contributed by atoms with Gasteiger partial charge in [-0.25, -0.2) is 4.39 Å². The average molecular weight is 373 g/mol. The first kappa shape index (κ1) is 17.9. The van der Waals surface area contributed by atoms with Gasteiger partial charge in [0, 0.05) is 11.3 Å². The van der Waals surface area contributed by atoms with Crippen LogP contribution in [0.1, 0.15) is 6.92 Å². The Morgan fingerprint density at radius 3 is 2.58 bits per heavy atom. The molecule has 0 spiro atoms. The fourth-order valence-electron chi connectivity index (χ4n) is 2.10. The summed E-state index contributed by atoms with van der Waals surface area (Å²) in [4.78, 5) is 12.0. The molecule has 0 saturated heterocycles. The van der Waals surface area contributed by atoms with E-state index in [9.17, 15) is 9.18 Å². The van der Waals surface area contributed by atoms with Gasteiger partial charge in [-0.05, 0) is 55.5 Å². The molecule has 1 heterocycles. The number of hydrogen-bond acceptors (Lipinski definition) is 6. The zero-order valence-corrected chi connectivity index (χ0v) is 14.8. The lowest BCUT2D eigenvalue weighted by Crippen LogP contribution is -2.13. The molecule has 0 saturated carbocycles. The van der Waals surface area contributed by atoms with Crippen LogP contribution in [0.2, 0.25) is 0 Å². The van der Waals surface area contributed by atoms with Gasteiger partial charge in [0.25, 0.3) is 5.22 Å². The summed E-state index contributed by atoms with van der Waals surface area (Å²) in [5.74, 6) is 0.617. The second-order valence-electron chi connectivity index (χ2n) is 5.17. The number of hydrogen-bond donors (Lipinski definition) is 1. The van der Waals surface area contributed by atoms with Gasteiger partial charge in [0.2, 0.25) is 11.8 Å². The molecule has 8 heteroatoms. The van der Waals surface area contributed by atoms with Crippen molar-refractivity contribution in [2.45, 2.75) is 12.1 Å². The molecule has 2 aromatic carbocycles. The maximum absolute atomic E-state index is 12.9. The molecule has 0 radical (unpaired) electrons. The second-order valence-corrected chi connectivity index (χ2v) is 6.10. The molecule has 1 amide bonds. The Morgan fingerprint density at radius 2 is 1.88 bits per heavy atom. The van der Waals surface area contributed by atoms with Gasteiger partial charge in [0.15, 0.2) is 0 Å². The first-order valence-electron chi connectivity index (χ1n) is 7.89. The van der Waals surface area contributed by atoms with Crippen LogP contribution in [0.5, 0.6) is 5.75 Å². The summed E-state index contributed by atoms with van der Waals surface area (Å²) in [6.45, 7) is 2.50. The highest BCUT2D eigenvalue weighted by Crippen LogP contribution is 2.23. The lowest BCUT2D eigenvalue weighted by atomic mass is 10.2. The monoisotopic (exact) mass is 373 g/mol. The minimum atomic E-state index is -0.339. The number of nitrogens with zero attached hydrogens (tertiary/aromatic N) is 2. The molecule has 0 atom stereocenters. The van der Waals surface area contributed by atoms with E-state index >= 15 is 0 Å². The van der Waals surface area contributed by atoms with Crippen LogP contribution in [0.4, 0.5) is 10.1 Å². The number of rotatable bonds is 7. The van der Waals surface area contributed by atoms with E-state index in [4.69, 9.17) is 9.15 Å². The van der Waals surface area contributed by atoms with Gasteiger partial charge < -0.3 is 14.5 Å². The molecule has 3 rings (SSSR count). The normalized spacial score (nSPS) is 10.5. The maximum atomic E-state index is 12.9. The number of halogens is 1. The van der Waals surface area contributed by atoms with Crippen LogP contribution in [0.25, 0.3) is 11.5 Å². The smallest absolute Gasteiger partial charge is 0.277 e. The fourth-order valence-corrected chi connectivity index (χ4v) is 2.67. The van der Waals surface area contributed by atoms with E-state index in [-0.39, 0.29) is 28.6 Å². The van der Waals surface area contributed by atoms with E-state index in [1.54, 1.807) is 36.4 Å². The van der Waals surface area contributed by atoms with E-state index in [0.29, 0.717) is 17.9 Å². The first-order chi connectivity index (χ1) is 12.6.